The lowest BCUT2D eigenvalue weighted by Crippen LogP contribution is -2.13. The van der Waals surface area contributed by atoms with Gasteiger partial charge in [0.05, 0.1) is 4.92 Å². The summed E-state index contributed by atoms with van der Waals surface area (Å²) in [5.41, 5.74) is 2.64. The zero-order valence-electron chi connectivity index (χ0n) is 16.0. The van der Waals surface area contributed by atoms with E-state index in [1.807, 2.05) is 72.8 Å². The van der Waals surface area contributed by atoms with Crippen LogP contribution in [0.2, 0.25) is 0 Å². The van der Waals surface area contributed by atoms with Crippen LogP contribution in [0.5, 0.6) is 0 Å². The van der Waals surface area contributed by atoms with Gasteiger partial charge in [-0.1, -0.05) is 60.7 Å². The summed E-state index contributed by atoms with van der Waals surface area (Å²) in [4.78, 5) is 23.6. The molecule has 0 aliphatic heterocycles. The van der Waals surface area contributed by atoms with E-state index in [9.17, 15) is 14.9 Å². The Morgan fingerprint density at radius 1 is 0.800 bits per heavy atom. The molecule has 0 aliphatic rings. The lowest BCUT2D eigenvalue weighted by atomic mass is 10.0. The number of non-ortho nitro benzene ring substituents is 1. The number of amides is 1. The van der Waals surface area contributed by atoms with E-state index in [2.05, 4.69) is 5.32 Å². The van der Waals surface area contributed by atoms with Crippen molar-refractivity contribution < 1.29 is 9.72 Å². The van der Waals surface area contributed by atoms with Gasteiger partial charge in [0.15, 0.2) is 0 Å². The van der Waals surface area contributed by atoms with E-state index in [0.717, 1.165) is 16.3 Å². The Labute approximate surface area is 173 Å². The predicted molar refractivity (Wildman–Crippen MR) is 120 cm³/mol. The second kappa shape index (κ2) is 8.41. The second-order valence-electron chi connectivity index (χ2n) is 6.79. The standard InChI is InChI=1S/C25H18N2O3/c28-25(26-22-13-12-19-6-4-5-9-21(19)17-22)24(20-7-2-1-3-8-20)16-18-10-14-23(15-11-18)27(29)30/h1-17H,(H,26,28)/b24-16+. The monoisotopic (exact) mass is 394 g/mol. The first kappa shape index (κ1) is 19.1. The van der Waals surface area contributed by atoms with Gasteiger partial charge in [-0.3, -0.25) is 14.9 Å². The third-order valence-electron chi connectivity index (χ3n) is 4.75. The molecule has 0 saturated heterocycles. The number of nitrogens with one attached hydrogen (secondary N) is 1. The summed E-state index contributed by atoms with van der Waals surface area (Å²) in [5.74, 6) is -0.255. The van der Waals surface area contributed by atoms with Crippen LogP contribution in [-0.2, 0) is 4.79 Å². The number of carbonyl (C=O) groups excluding carboxylic acids is 1. The molecule has 5 heteroatoms. The van der Waals surface area contributed by atoms with Crippen molar-refractivity contribution in [1.82, 2.24) is 0 Å². The molecular formula is C25H18N2O3. The van der Waals surface area contributed by atoms with Gasteiger partial charge in [-0.2, -0.15) is 0 Å². The molecule has 0 radical (unpaired) electrons. The molecule has 4 aromatic rings. The molecule has 0 saturated carbocycles. The van der Waals surface area contributed by atoms with Crippen molar-refractivity contribution in [3.63, 3.8) is 0 Å². The average molecular weight is 394 g/mol. The van der Waals surface area contributed by atoms with Gasteiger partial charge in [-0.05, 0) is 52.2 Å². The molecule has 0 spiro atoms. The molecule has 0 aliphatic carbocycles. The van der Waals surface area contributed by atoms with Crippen LogP contribution in [0.3, 0.4) is 0 Å². The van der Waals surface area contributed by atoms with Crippen molar-refractivity contribution >= 4 is 39.7 Å². The number of nitro groups is 1. The van der Waals surface area contributed by atoms with E-state index in [0.29, 0.717) is 16.8 Å². The van der Waals surface area contributed by atoms with Crippen molar-refractivity contribution in [2.75, 3.05) is 5.32 Å². The fourth-order valence-corrected chi connectivity index (χ4v) is 3.22. The molecule has 30 heavy (non-hydrogen) atoms. The Kier molecular flexibility index (Phi) is 5.35. The number of hydrogen-bond acceptors (Lipinski definition) is 3. The van der Waals surface area contributed by atoms with Gasteiger partial charge in [0, 0.05) is 23.4 Å². The van der Waals surface area contributed by atoms with Crippen molar-refractivity contribution in [2.45, 2.75) is 0 Å². The molecule has 4 rings (SSSR count). The smallest absolute Gasteiger partial charge is 0.269 e. The van der Waals surface area contributed by atoms with Crippen molar-refractivity contribution in [3.05, 3.63) is 118 Å². The fourth-order valence-electron chi connectivity index (χ4n) is 3.22. The number of nitrogens with zero attached hydrogens (tertiary/aromatic N) is 1. The van der Waals surface area contributed by atoms with Crippen LogP contribution in [0.25, 0.3) is 22.4 Å². The van der Waals surface area contributed by atoms with E-state index in [4.69, 9.17) is 0 Å². The molecule has 0 fully saturated rings. The summed E-state index contributed by atoms with van der Waals surface area (Å²) in [5, 5.41) is 16.0. The van der Waals surface area contributed by atoms with Crippen LogP contribution in [0.15, 0.2) is 97.1 Å². The Morgan fingerprint density at radius 3 is 2.17 bits per heavy atom. The van der Waals surface area contributed by atoms with E-state index in [1.165, 1.54) is 12.1 Å². The minimum atomic E-state index is -0.446. The number of rotatable bonds is 5. The summed E-state index contributed by atoms with van der Waals surface area (Å²) in [6.45, 7) is 0. The summed E-state index contributed by atoms with van der Waals surface area (Å²) < 4.78 is 0. The maximum Gasteiger partial charge on any atom is 0.269 e. The number of benzene rings is 4. The maximum absolute atomic E-state index is 13.1. The first-order valence-electron chi connectivity index (χ1n) is 9.42. The van der Waals surface area contributed by atoms with Crippen molar-refractivity contribution in [2.24, 2.45) is 0 Å². The molecule has 1 N–H and O–H groups in total. The van der Waals surface area contributed by atoms with Crippen LogP contribution >= 0.6 is 0 Å². The summed E-state index contributed by atoms with van der Waals surface area (Å²) in [6.07, 6.45) is 1.73. The number of anilines is 1. The minimum absolute atomic E-state index is 0.00836. The van der Waals surface area contributed by atoms with Gasteiger partial charge in [0.2, 0.25) is 0 Å². The van der Waals surface area contributed by atoms with Gasteiger partial charge < -0.3 is 5.32 Å². The van der Waals surface area contributed by atoms with E-state index < -0.39 is 4.92 Å². The van der Waals surface area contributed by atoms with Crippen molar-refractivity contribution in [3.8, 4) is 0 Å². The highest BCUT2D eigenvalue weighted by molar-refractivity contribution is 6.29. The highest BCUT2D eigenvalue weighted by atomic mass is 16.6. The lowest BCUT2D eigenvalue weighted by Gasteiger charge is -2.11. The maximum atomic E-state index is 13.1. The number of hydrogen-bond donors (Lipinski definition) is 1. The molecule has 4 aromatic carbocycles. The van der Waals surface area contributed by atoms with Gasteiger partial charge in [0.25, 0.3) is 11.6 Å². The number of carbonyl (C=O) groups is 1. The van der Waals surface area contributed by atoms with E-state index in [1.54, 1.807) is 18.2 Å². The lowest BCUT2D eigenvalue weighted by molar-refractivity contribution is -0.384. The van der Waals surface area contributed by atoms with Gasteiger partial charge in [0.1, 0.15) is 0 Å². The largest absolute Gasteiger partial charge is 0.322 e. The molecule has 5 nitrogen and oxygen atoms in total. The Hall–Kier alpha value is -4.25. The molecule has 146 valence electrons. The normalized spacial score (nSPS) is 11.3. The third kappa shape index (κ3) is 4.25. The van der Waals surface area contributed by atoms with Gasteiger partial charge in [-0.15, -0.1) is 0 Å². The highest BCUT2D eigenvalue weighted by Crippen LogP contribution is 2.24. The van der Waals surface area contributed by atoms with Crippen LogP contribution in [-0.4, -0.2) is 10.8 Å². The first-order chi connectivity index (χ1) is 14.6. The summed E-state index contributed by atoms with van der Waals surface area (Å²) in [6, 6.07) is 29.1. The van der Waals surface area contributed by atoms with Crippen LogP contribution < -0.4 is 5.32 Å². The molecular weight excluding hydrogens is 376 g/mol. The Bertz CT molecular complexity index is 1250. The molecule has 1 amide bonds. The van der Waals surface area contributed by atoms with Crippen molar-refractivity contribution in [1.29, 1.82) is 0 Å². The van der Waals surface area contributed by atoms with Crippen LogP contribution in [0.4, 0.5) is 11.4 Å². The zero-order valence-corrected chi connectivity index (χ0v) is 16.0. The molecule has 0 atom stereocenters. The second-order valence-corrected chi connectivity index (χ2v) is 6.79. The number of nitro benzene ring substituents is 1. The van der Waals surface area contributed by atoms with Crippen LogP contribution in [0, 0.1) is 10.1 Å². The highest BCUT2D eigenvalue weighted by Gasteiger charge is 2.13. The summed E-state index contributed by atoms with van der Waals surface area (Å²) in [7, 11) is 0. The topological polar surface area (TPSA) is 72.2 Å². The van der Waals surface area contributed by atoms with E-state index in [-0.39, 0.29) is 11.6 Å². The Balaban J connectivity index is 1.68. The van der Waals surface area contributed by atoms with Gasteiger partial charge in [-0.25, -0.2) is 0 Å². The fraction of sp³-hybridized carbons (Fsp3) is 0. The first-order valence-corrected chi connectivity index (χ1v) is 9.42. The van der Waals surface area contributed by atoms with Gasteiger partial charge >= 0.3 is 0 Å². The SMILES string of the molecule is O=C(Nc1ccc2ccccc2c1)/C(=C/c1ccc([N+](=O)[O-])cc1)c1ccccc1. The number of fused-ring (bicyclic) bond motifs is 1. The summed E-state index contributed by atoms with van der Waals surface area (Å²) >= 11 is 0. The minimum Gasteiger partial charge on any atom is -0.322 e. The molecule has 0 aromatic heterocycles. The average Bonchev–Trinajstić information content (AvgIpc) is 2.78. The third-order valence-corrected chi connectivity index (χ3v) is 4.75. The molecule has 0 heterocycles. The quantitative estimate of drug-likeness (QED) is 0.197. The van der Waals surface area contributed by atoms with E-state index >= 15 is 0 Å². The Morgan fingerprint density at radius 2 is 1.47 bits per heavy atom. The molecule has 0 unspecified atom stereocenters. The molecule has 0 bridgehead atoms. The van der Waals surface area contributed by atoms with Crippen LogP contribution in [0.1, 0.15) is 11.1 Å². The zero-order chi connectivity index (χ0) is 20.9. The predicted octanol–water partition coefficient (Wildman–Crippen LogP) is 5.93.